The zero-order valence-electron chi connectivity index (χ0n) is 10.3. The molecular weight excluding hydrogens is 228 g/mol. The lowest BCUT2D eigenvalue weighted by Crippen LogP contribution is -2.10. The van der Waals surface area contributed by atoms with Crippen molar-refractivity contribution in [2.24, 2.45) is 0 Å². The van der Waals surface area contributed by atoms with Crippen molar-refractivity contribution in [3.63, 3.8) is 0 Å². The van der Waals surface area contributed by atoms with E-state index >= 15 is 0 Å². The van der Waals surface area contributed by atoms with Gasteiger partial charge in [-0.15, -0.1) is 0 Å². The second-order valence-corrected chi connectivity index (χ2v) is 3.86. The zero-order valence-corrected chi connectivity index (χ0v) is 10.3. The van der Waals surface area contributed by atoms with Crippen molar-refractivity contribution in [3.8, 4) is 11.5 Å². The molecule has 0 aliphatic heterocycles. The van der Waals surface area contributed by atoms with Gasteiger partial charge in [0.05, 0.1) is 7.11 Å². The highest BCUT2D eigenvalue weighted by molar-refractivity contribution is 5.94. The summed E-state index contributed by atoms with van der Waals surface area (Å²) in [4.78, 5) is 12.0. The normalized spacial score (nSPS) is 9.89. The first-order valence-electron chi connectivity index (χ1n) is 5.63. The van der Waals surface area contributed by atoms with Gasteiger partial charge in [-0.3, -0.25) is 0 Å². The number of methoxy groups -OCH3 is 1. The van der Waals surface area contributed by atoms with Crippen LogP contribution in [0.25, 0.3) is 0 Å². The predicted molar refractivity (Wildman–Crippen MR) is 69.1 cm³/mol. The Morgan fingerprint density at radius 3 is 2.22 bits per heavy atom. The molecule has 0 spiro atoms. The Labute approximate surface area is 106 Å². The topological polar surface area (TPSA) is 35.5 Å². The van der Waals surface area contributed by atoms with Crippen LogP contribution in [-0.2, 0) is 0 Å². The molecule has 18 heavy (non-hydrogen) atoms. The molecule has 0 aliphatic rings. The highest BCUT2D eigenvalue weighted by Crippen LogP contribution is 2.22. The van der Waals surface area contributed by atoms with Crippen LogP contribution >= 0.6 is 0 Å². The number of para-hydroxylation sites is 2. The number of carbonyl (C=O) groups excluding carboxylic acids is 1. The summed E-state index contributed by atoms with van der Waals surface area (Å²) in [6.07, 6.45) is 0. The molecule has 0 aromatic heterocycles. The summed E-state index contributed by atoms with van der Waals surface area (Å²) in [6.45, 7) is 1.89. The first-order chi connectivity index (χ1) is 8.72. The highest BCUT2D eigenvalue weighted by atomic mass is 16.5. The summed E-state index contributed by atoms with van der Waals surface area (Å²) < 4.78 is 10.5. The minimum atomic E-state index is -0.415. The molecule has 2 aromatic carbocycles. The fourth-order valence-corrected chi connectivity index (χ4v) is 1.64. The monoisotopic (exact) mass is 242 g/mol. The number of hydrogen-bond acceptors (Lipinski definition) is 3. The van der Waals surface area contributed by atoms with Crippen LogP contribution in [0.2, 0.25) is 0 Å². The molecule has 3 nitrogen and oxygen atoms in total. The maximum Gasteiger partial charge on any atom is 0.347 e. The minimum absolute atomic E-state index is 0.415. The number of esters is 1. The van der Waals surface area contributed by atoms with Gasteiger partial charge in [-0.05, 0) is 30.7 Å². The molecule has 0 N–H and O–H groups in total. The molecule has 2 rings (SSSR count). The Hall–Kier alpha value is -2.29. The average molecular weight is 242 g/mol. The first kappa shape index (κ1) is 12.2. The quantitative estimate of drug-likeness (QED) is 0.612. The smallest absolute Gasteiger partial charge is 0.347 e. The maximum absolute atomic E-state index is 12.0. The second kappa shape index (κ2) is 5.36. The van der Waals surface area contributed by atoms with E-state index in [-0.39, 0.29) is 0 Å². The van der Waals surface area contributed by atoms with Gasteiger partial charge in [-0.25, -0.2) is 4.79 Å². The fourth-order valence-electron chi connectivity index (χ4n) is 1.64. The summed E-state index contributed by atoms with van der Waals surface area (Å²) >= 11 is 0. The standard InChI is InChI=1S/C15H14O3/c1-11-7-3-5-9-13(11)18-15(16)12-8-4-6-10-14(12)17-2/h3-10H,1-2H3. The van der Waals surface area contributed by atoms with Crippen molar-refractivity contribution < 1.29 is 14.3 Å². The van der Waals surface area contributed by atoms with Crippen molar-refractivity contribution in [1.82, 2.24) is 0 Å². The van der Waals surface area contributed by atoms with Crippen LogP contribution in [0, 0.1) is 6.92 Å². The van der Waals surface area contributed by atoms with Crippen molar-refractivity contribution in [2.75, 3.05) is 7.11 Å². The van der Waals surface area contributed by atoms with Crippen LogP contribution in [0.4, 0.5) is 0 Å². The number of hydrogen-bond donors (Lipinski definition) is 0. The van der Waals surface area contributed by atoms with Gasteiger partial charge in [0.1, 0.15) is 17.1 Å². The Balaban J connectivity index is 2.25. The van der Waals surface area contributed by atoms with Crippen molar-refractivity contribution in [1.29, 1.82) is 0 Å². The third kappa shape index (κ3) is 2.51. The second-order valence-electron chi connectivity index (χ2n) is 3.86. The molecule has 3 heteroatoms. The molecule has 0 saturated heterocycles. The van der Waals surface area contributed by atoms with E-state index in [1.165, 1.54) is 7.11 Å². The molecular formula is C15H14O3. The average Bonchev–Trinajstić information content (AvgIpc) is 2.41. The van der Waals surface area contributed by atoms with E-state index in [1.807, 2.05) is 31.2 Å². The van der Waals surface area contributed by atoms with Gasteiger partial charge in [-0.2, -0.15) is 0 Å². The SMILES string of the molecule is COc1ccccc1C(=O)Oc1ccccc1C. The third-order valence-corrected chi connectivity index (χ3v) is 2.62. The van der Waals surface area contributed by atoms with Crippen LogP contribution in [0.5, 0.6) is 11.5 Å². The van der Waals surface area contributed by atoms with Crippen molar-refractivity contribution >= 4 is 5.97 Å². The lowest BCUT2D eigenvalue weighted by molar-refractivity contribution is 0.0730. The molecule has 0 heterocycles. The zero-order chi connectivity index (χ0) is 13.0. The van der Waals surface area contributed by atoms with E-state index in [4.69, 9.17) is 9.47 Å². The molecule has 0 radical (unpaired) electrons. The van der Waals surface area contributed by atoms with E-state index in [9.17, 15) is 4.79 Å². The van der Waals surface area contributed by atoms with Crippen molar-refractivity contribution in [3.05, 3.63) is 59.7 Å². The lowest BCUT2D eigenvalue weighted by atomic mass is 10.2. The molecule has 0 unspecified atom stereocenters. The molecule has 0 fully saturated rings. The van der Waals surface area contributed by atoms with Gasteiger partial charge >= 0.3 is 5.97 Å². The summed E-state index contributed by atoms with van der Waals surface area (Å²) in [6, 6.07) is 14.4. The minimum Gasteiger partial charge on any atom is -0.496 e. The van der Waals surface area contributed by atoms with Crippen LogP contribution < -0.4 is 9.47 Å². The van der Waals surface area contributed by atoms with Gasteiger partial charge in [0, 0.05) is 0 Å². The van der Waals surface area contributed by atoms with Gasteiger partial charge in [0.15, 0.2) is 0 Å². The predicted octanol–water partition coefficient (Wildman–Crippen LogP) is 3.22. The van der Waals surface area contributed by atoms with Crippen LogP contribution in [0.15, 0.2) is 48.5 Å². The van der Waals surface area contributed by atoms with Gasteiger partial charge in [-0.1, -0.05) is 30.3 Å². The van der Waals surface area contributed by atoms with E-state index in [2.05, 4.69) is 0 Å². The lowest BCUT2D eigenvalue weighted by Gasteiger charge is -2.09. The van der Waals surface area contributed by atoms with E-state index in [0.29, 0.717) is 17.1 Å². The molecule has 0 saturated carbocycles. The molecule has 0 aliphatic carbocycles. The Kier molecular flexibility index (Phi) is 3.63. The number of ether oxygens (including phenoxy) is 2. The third-order valence-electron chi connectivity index (χ3n) is 2.62. The Morgan fingerprint density at radius 2 is 1.56 bits per heavy atom. The number of rotatable bonds is 3. The molecule has 92 valence electrons. The molecule has 0 amide bonds. The van der Waals surface area contributed by atoms with Crippen LogP contribution in [0.1, 0.15) is 15.9 Å². The maximum atomic E-state index is 12.0. The first-order valence-corrected chi connectivity index (χ1v) is 5.63. The van der Waals surface area contributed by atoms with E-state index in [1.54, 1.807) is 24.3 Å². The molecule has 2 aromatic rings. The summed E-state index contributed by atoms with van der Waals surface area (Å²) in [5.74, 6) is 0.659. The van der Waals surface area contributed by atoms with E-state index in [0.717, 1.165) is 5.56 Å². The highest BCUT2D eigenvalue weighted by Gasteiger charge is 2.14. The van der Waals surface area contributed by atoms with Crippen LogP contribution in [0.3, 0.4) is 0 Å². The van der Waals surface area contributed by atoms with Crippen molar-refractivity contribution in [2.45, 2.75) is 6.92 Å². The van der Waals surface area contributed by atoms with Gasteiger partial charge in [0.2, 0.25) is 0 Å². The molecule has 0 bridgehead atoms. The summed E-state index contributed by atoms with van der Waals surface area (Å²) in [5, 5.41) is 0. The summed E-state index contributed by atoms with van der Waals surface area (Å²) in [7, 11) is 1.53. The number of carbonyl (C=O) groups is 1. The molecule has 0 atom stereocenters. The summed E-state index contributed by atoms with van der Waals surface area (Å²) in [5.41, 5.74) is 1.34. The van der Waals surface area contributed by atoms with Gasteiger partial charge < -0.3 is 9.47 Å². The fraction of sp³-hybridized carbons (Fsp3) is 0.133. The largest absolute Gasteiger partial charge is 0.496 e. The van der Waals surface area contributed by atoms with Crippen LogP contribution in [-0.4, -0.2) is 13.1 Å². The Morgan fingerprint density at radius 1 is 0.944 bits per heavy atom. The number of benzene rings is 2. The van der Waals surface area contributed by atoms with E-state index < -0.39 is 5.97 Å². The number of aryl methyl sites for hydroxylation is 1. The van der Waals surface area contributed by atoms with Gasteiger partial charge in [0.25, 0.3) is 0 Å². The Bertz CT molecular complexity index is 561.